The number of nitrogens with zero attached hydrogens (tertiary/aromatic N) is 1. The van der Waals surface area contributed by atoms with Crippen molar-refractivity contribution < 1.29 is 13.2 Å². The van der Waals surface area contributed by atoms with Crippen molar-refractivity contribution in [2.75, 3.05) is 18.1 Å². The molecule has 0 spiro atoms. The highest BCUT2D eigenvalue weighted by Crippen LogP contribution is 2.25. The third kappa shape index (κ3) is 3.94. The Hall–Kier alpha value is -0.580. The number of hydrogen-bond acceptors (Lipinski definition) is 3. The lowest BCUT2D eigenvalue weighted by atomic mass is 9.97. The zero-order valence-corrected chi connectivity index (χ0v) is 12.6. The number of hydrogen-bond donors (Lipinski definition) is 0. The fourth-order valence-corrected chi connectivity index (χ4v) is 5.23. The second kappa shape index (κ2) is 6.25. The summed E-state index contributed by atoms with van der Waals surface area (Å²) in [6.45, 7) is 3.03. The molecule has 2 atom stereocenters. The van der Waals surface area contributed by atoms with Crippen LogP contribution < -0.4 is 0 Å². The SMILES string of the molecule is CCC1CCCCN1C(=O)CCC1CCS(=O)(=O)C1. The molecule has 2 fully saturated rings. The monoisotopic (exact) mass is 287 g/mol. The van der Waals surface area contributed by atoms with Crippen molar-refractivity contribution >= 4 is 15.7 Å². The molecule has 0 aromatic heterocycles. The highest BCUT2D eigenvalue weighted by atomic mass is 32.2. The molecule has 2 aliphatic heterocycles. The van der Waals surface area contributed by atoms with Gasteiger partial charge in [-0.2, -0.15) is 0 Å². The molecule has 0 saturated carbocycles. The fourth-order valence-electron chi connectivity index (χ4n) is 3.32. The molecule has 0 radical (unpaired) electrons. The van der Waals surface area contributed by atoms with Crippen molar-refractivity contribution in [3.8, 4) is 0 Å². The third-order valence-electron chi connectivity index (χ3n) is 4.51. The average Bonchev–Trinajstić information content (AvgIpc) is 2.75. The largest absolute Gasteiger partial charge is 0.340 e. The zero-order valence-electron chi connectivity index (χ0n) is 11.8. The molecular weight excluding hydrogens is 262 g/mol. The van der Waals surface area contributed by atoms with Crippen LogP contribution in [-0.2, 0) is 14.6 Å². The standard InChI is InChI=1S/C14H25NO3S/c1-2-13-5-3-4-9-15(13)14(16)7-6-12-8-10-19(17,18)11-12/h12-13H,2-11H2,1H3. The first-order valence-electron chi connectivity index (χ1n) is 7.51. The molecule has 0 bridgehead atoms. The number of sulfone groups is 1. The lowest BCUT2D eigenvalue weighted by Crippen LogP contribution is -2.43. The van der Waals surface area contributed by atoms with Crippen molar-refractivity contribution in [2.45, 2.75) is 57.9 Å². The molecule has 0 aromatic carbocycles. The van der Waals surface area contributed by atoms with Gasteiger partial charge in [-0.1, -0.05) is 6.92 Å². The van der Waals surface area contributed by atoms with E-state index in [1.54, 1.807) is 0 Å². The van der Waals surface area contributed by atoms with Crippen LogP contribution in [0.4, 0.5) is 0 Å². The number of likely N-dealkylation sites (tertiary alicyclic amines) is 1. The van der Waals surface area contributed by atoms with Crippen molar-refractivity contribution in [3.63, 3.8) is 0 Å². The van der Waals surface area contributed by atoms with Crippen molar-refractivity contribution in [1.29, 1.82) is 0 Å². The molecule has 110 valence electrons. The summed E-state index contributed by atoms with van der Waals surface area (Å²) in [5.74, 6) is 1.04. The second-order valence-corrected chi connectivity index (χ2v) is 8.18. The van der Waals surface area contributed by atoms with E-state index >= 15 is 0 Å². The first kappa shape index (κ1) is 14.8. The van der Waals surface area contributed by atoms with Gasteiger partial charge in [0.15, 0.2) is 9.84 Å². The van der Waals surface area contributed by atoms with Crippen LogP contribution in [0.25, 0.3) is 0 Å². The summed E-state index contributed by atoms with van der Waals surface area (Å²) in [7, 11) is -2.81. The van der Waals surface area contributed by atoms with Crippen LogP contribution in [0.2, 0.25) is 0 Å². The number of amides is 1. The summed E-state index contributed by atoms with van der Waals surface area (Å²) < 4.78 is 22.8. The Balaban J connectivity index is 1.80. The molecule has 5 heteroatoms. The molecule has 2 rings (SSSR count). The minimum Gasteiger partial charge on any atom is -0.340 e. The van der Waals surface area contributed by atoms with Gasteiger partial charge in [0.25, 0.3) is 0 Å². The molecule has 2 aliphatic rings. The van der Waals surface area contributed by atoms with Crippen molar-refractivity contribution in [1.82, 2.24) is 4.90 Å². The van der Waals surface area contributed by atoms with E-state index in [0.29, 0.717) is 18.2 Å². The van der Waals surface area contributed by atoms with Crippen LogP contribution in [0.1, 0.15) is 51.9 Å². The highest BCUT2D eigenvalue weighted by molar-refractivity contribution is 7.91. The lowest BCUT2D eigenvalue weighted by Gasteiger charge is -2.35. The molecule has 19 heavy (non-hydrogen) atoms. The molecule has 0 aliphatic carbocycles. The van der Waals surface area contributed by atoms with E-state index in [9.17, 15) is 13.2 Å². The van der Waals surface area contributed by atoms with Crippen molar-refractivity contribution in [2.24, 2.45) is 5.92 Å². The molecule has 2 unspecified atom stereocenters. The highest BCUT2D eigenvalue weighted by Gasteiger charge is 2.30. The van der Waals surface area contributed by atoms with Crippen molar-refractivity contribution in [3.05, 3.63) is 0 Å². The van der Waals surface area contributed by atoms with Gasteiger partial charge < -0.3 is 4.90 Å². The first-order chi connectivity index (χ1) is 9.02. The Morgan fingerprint density at radius 1 is 1.26 bits per heavy atom. The molecule has 2 saturated heterocycles. The molecule has 0 aromatic rings. The van der Waals surface area contributed by atoms with Gasteiger partial charge in [0.1, 0.15) is 0 Å². The van der Waals surface area contributed by atoms with Crippen LogP contribution in [0.3, 0.4) is 0 Å². The minimum atomic E-state index is -2.81. The van der Waals surface area contributed by atoms with E-state index in [2.05, 4.69) is 6.92 Å². The Morgan fingerprint density at radius 3 is 2.68 bits per heavy atom. The summed E-state index contributed by atoms with van der Waals surface area (Å²) >= 11 is 0. The van der Waals surface area contributed by atoms with E-state index in [1.165, 1.54) is 6.42 Å². The Kier molecular flexibility index (Phi) is 4.87. The Labute approximate surface area is 116 Å². The topological polar surface area (TPSA) is 54.5 Å². The number of rotatable bonds is 4. The van der Waals surface area contributed by atoms with Gasteiger partial charge >= 0.3 is 0 Å². The predicted molar refractivity (Wildman–Crippen MR) is 75.6 cm³/mol. The van der Waals surface area contributed by atoms with Crippen LogP contribution in [-0.4, -0.2) is 43.3 Å². The van der Waals surface area contributed by atoms with E-state index < -0.39 is 9.84 Å². The summed E-state index contributed by atoms with van der Waals surface area (Å²) in [5, 5.41) is 0. The van der Waals surface area contributed by atoms with Crippen LogP contribution in [0, 0.1) is 5.92 Å². The van der Waals surface area contributed by atoms with Crippen LogP contribution in [0.5, 0.6) is 0 Å². The Morgan fingerprint density at radius 2 is 2.05 bits per heavy atom. The maximum Gasteiger partial charge on any atom is 0.222 e. The Bertz CT molecular complexity index is 418. The second-order valence-electron chi connectivity index (χ2n) is 5.95. The fraction of sp³-hybridized carbons (Fsp3) is 0.929. The predicted octanol–water partition coefficient (Wildman–Crippen LogP) is 1.99. The lowest BCUT2D eigenvalue weighted by molar-refractivity contribution is -0.135. The maximum absolute atomic E-state index is 12.3. The van der Waals surface area contributed by atoms with Crippen LogP contribution in [0.15, 0.2) is 0 Å². The number of carbonyl (C=O) groups excluding carboxylic acids is 1. The van der Waals surface area contributed by atoms with Gasteiger partial charge in [-0.05, 0) is 44.4 Å². The summed E-state index contributed by atoms with van der Waals surface area (Å²) in [5.41, 5.74) is 0. The van der Waals surface area contributed by atoms with Crippen LogP contribution >= 0.6 is 0 Å². The van der Waals surface area contributed by atoms with Gasteiger partial charge in [-0.3, -0.25) is 4.79 Å². The van der Waals surface area contributed by atoms with Gasteiger partial charge in [-0.25, -0.2) is 8.42 Å². The molecular formula is C14H25NO3S. The maximum atomic E-state index is 12.3. The minimum absolute atomic E-state index is 0.207. The van der Waals surface area contributed by atoms with E-state index in [0.717, 1.165) is 38.6 Å². The zero-order chi connectivity index (χ0) is 13.9. The molecule has 0 N–H and O–H groups in total. The number of carbonyl (C=O) groups is 1. The first-order valence-corrected chi connectivity index (χ1v) is 9.34. The number of piperidine rings is 1. The van der Waals surface area contributed by atoms with Gasteiger partial charge in [0, 0.05) is 19.0 Å². The normalized spacial score (nSPS) is 30.5. The van der Waals surface area contributed by atoms with E-state index in [-0.39, 0.29) is 17.6 Å². The molecule has 4 nitrogen and oxygen atoms in total. The average molecular weight is 287 g/mol. The molecule has 2 heterocycles. The quantitative estimate of drug-likeness (QED) is 0.794. The van der Waals surface area contributed by atoms with Gasteiger partial charge in [0.05, 0.1) is 11.5 Å². The summed E-state index contributed by atoms with van der Waals surface area (Å²) in [6.07, 6.45) is 6.50. The summed E-state index contributed by atoms with van der Waals surface area (Å²) in [4.78, 5) is 14.3. The summed E-state index contributed by atoms with van der Waals surface area (Å²) in [6, 6.07) is 0.411. The van der Waals surface area contributed by atoms with Gasteiger partial charge in [-0.15, -0.1) is 0 Å². The third-order valence-corrected chi connectivity index (χ3v) is 6.35. The van der Waals surface area contributed by atoms with E-state index in [1.807, 2.05) is 4.90 Å². The smallest absolute Gasteiger partial charge is 0.222 e. The van der Waals surface area contributed by atoms with Gasteiger partial charge in [0.2, 0.25) is 5.91 Å². The molecule has 1 amide bonds. The van der Waals surface area contributed by atoms with E-state index in [4.69, 9.17) is 0 Å².